The molecule has 2 atom stereocenters. The second-order valence-corrected chi connectivity index (χ2v) is 16.8. The third-order valence-corrected chi connectivity index (χ3v) is 9.63. The van der Waals surface area contributed by atoms with Crippen molar-refractivity contribution >= 4 is 48.1 Å². The van der Waals surface area contributed by atoms with Crippen molar-refractivity contribution in [2.75, 3.05) is 98.2 Å². The summed E-state index contributed by atoms with van der Waals surface area (Å²) < 4.78 is 97.1. The molecule has 0 spiro atoms. The summed E-state index contributed by atoms with van der Waals surface area (Å²) in [6, 6.07) is 0. The molecular weight excluding hydrogens is 673 g/mol. The standard InChI is InChI=1S/C14H29N3O5S.C11H25N3O7S2/c1-4-5-6-7-14(19)16-9-11-17(3,12-23(20,21)22)10-8-15-13(2)18;1-11(15)12-5-6-14(4,10-23(19,20)21)8-7-13(2,3)9-22(16,17)18/h4-12H2,1-3H3,(H2-,15,16,18,19,20,21,22);5-10H2,1-4H3,(H-2,12,15,16,17,18,19,20,21)/p+1. The quantitative estimate of drug-likeness (QED) is 0.0525. The molecule has 0 fully saturated rings. The Bertz CT molecular complexity index is 1290. The summed E-state index contributed by atoms with van der Waals surface area (Å²) in [4.78, 5) is 33.4. The molecule has 4 N–H and O–H groups in total. The molecule has 2 unspecified atom stereocenters. The van der Waals surface area contributed by atoms with Crippen LogP contribution in [0.15, 0.2) is 0 Å². The second-order valence-electron chi connectivity index (χ2n) is 12.7. The van der Waals surface area contributed by atoms with E-state index < -0.39 is 48.0 Å². The smallest absolute Gasteiger partial charge is 0.316 e. The number of quaternary nitrogens is 3. The molecule has 0 aliphatic rings. The maximum Gasteiger partial charge on any atom is 0.316 e. The van der Waals surface area contributed by atoms with Crippen LogP contribution < -0.4 is 16.0 Å². The van der Waals surface area contributed by atoms with E-state index in [4.69, 9.17) is 4.55 Å². The van der Waals surface area contributed by atoms with Crippen LogP contribution in [0.2, 0.25) is 0 Å². The molecule has 0 aromatic carbocycles. The van der Waals surface area contributed by atoms with Crippen LogP contribution in [0, 0.1) is 0 Å². The van der Waals surface area contributed by atoms with Gasteiger partial charge >= 0.3 is 10.1 Å². The molecule has 0 aliphatic carbocycles. The fourth-order valence-electron chi connectivity index (χ4n) is 4.35. The lowest BCUT2D eigenvalue weighted by atomic mass is 10.2. The lowest BCUT2D eigenvalue weighted by Crippen LogP contribution is -2.57. The molecule has 3 amide bonds. The van der Waals surface area contributed by atoms with Crippen LogP contribution in [-0.2, 0) is 44.7 Å². The fourth-order valence-corrected chi connectivity index (χ4v) is 7.41. The molecular formula is C25H55N6O12S3+. The van der Waals surface area contributed by atoms with Crippen LogP contribution in [0.25, 0.3) is 0 Å². The Labute approximate surface area is 274 Å². The minimum absolute atomic E-state index is 0.0542. The van der Waals surface area contributed by atoms with Gasteiger partial charge in [-0.05, 0) is 6.42 Å². The number of rotatable bonds is 22. The maximum atomic E-state index is 11.6. The molecule has 0 saturated heterocycles. The molecule has 0 radical (unpaired) electrons. The molecule has 0 rings (SSSR count). The van der Waals surface area contributed by atoms with Crippen LogP contribution in [-0.4, -0.2) is 168 Å². The Balaban J connectivity index is 0. The molecule has 0 saturated carbocycles. The summed E-state index contributed by atoms with van der Waals surface area (Å²) in [5.41, 5.74) is 0. The lowest BCUT2D eigenvalue weighted by Gasteiger charge is -2.37. The summed E-state index contributed by atoms with van der Waals surface area (Å²) in [7, 11) is -6.81. The number of carbonyl (C=O) groups excluding carboxylic acids is 3. The Morgan fingerprint density at radius 2 is 1.04 bits per heavy atom. The second kappa shape index (κ2) is 20.4. The van der Waals surface area contributed by atoms with Gasteiger partial charge in [0.15, 0.2) is 11.8 Å². The van der Waals surface area contributed by atoms with Gasteiger partial charge in [-0.3, -0.25) is 18.9 Å². The van der Waals surface area contributed by atoms with Crippen molar-refractivity contribution in [2.24, 2.45) is 0 Å². The fraction of sp³-hybridized carbons (Fsp3) is 0.880. The van der Waals surface area contributed by atoms with Gasteiger partial charge in [0.2, 0.25) is 23.6 Å². The van der Waals surface area contributed by atoms with E-state index in [2.05, 4.69) is 22.9 Å². The van der Waals surface area contributed by atoms with Gasteiger partial charge in [0.25, 0.3) is 0 Å². The molecule has 18 nitrogen and oxygen atoms in total. The Hall–Kier alpha value is -1.98. The van der Waals surface area contributed by atoms with Crippen molar-refractivity contribution in [3.05, 3.63) is 0 Å². The molecule has 21 heteroatoms. The highest BCUT2D eigenvalue weighted by Gasteiger charge is 2.32. The first-order valence-corrected chi connectivity index (χ1v) is 19.4. The van der Waals surface area contributed by atoms with Crippen molar-refractivity contribution in [1.82, 2.24) is 16.0 Å². The van der Waals surface area contributed by atoms with Crippen molar-refractivity contribution in [3.8, 4) is 0 Å². The number of hydrogen-bond donors (Lipinski definition) is 4. The van der Waals surface area contributed by atoms with Crippen LogP contribution in [0.4, 0.5) is 0 Å². The van der Waals surface area contributed by atoms with Gasteiger partial charge in [-0.15, -0.1) is 0 Å². The Morgan fingerprint density at radius 1 is 0.630 bits per heavy atom. The predicted octanol–water partition coefficient (Wildman–Crippen LogP) is -2.24. The van der Waals surface area contributed by atoms with E-state index in [1.54, 1.807) is 28.2 Å². The van der Waals surface area contributed by atoms with E-state index in [0.717, 1.165) is 19.3 Å². The Morgan fingerprint density at radius 3 is 1.41 bits per heavy atom. The number of likely N-dealkylation sites (N-methyl/N-ethyl adjacent to an activating group) is 3. The minimum Gasteiger partial charge on any atom is -0.744 e. The van der Waals surface area contributed by atoms with Gasteiger partial charge in [-0.2, -0.15) is 8.42 Å². The normalized spacial score (nSPS) is 15.0. The number of carbonyl (C=O) groups is 3. The molecule has 0 aliphatic heterocycles. The van der Waals surface area contributed by atoms with Gasteiger partial charge in [0.05, 0.1) is 67.5 Å². The van der Waals surface area contributed by atoms with Crippen LogP contribution in [0.3, 0.4) is 0 Å². The summed E-state index contributed by atoms with van der Waals surface area (Å²) >= 11 is 0. The molecule has 0 aromatic rings. The van der Waals surface area contributed by atoms with E-state index in [1.807, 2.05) is 0 Å². The third-order valence-electron chi connectivity index (χ3n) is 6.73. The van der Waals surface area contributed by atoms with E-state index in [-0.39, 0.29) is 70.4 Å². The molecule has 0 bridgehead atoms. The maximum absolute atomic E-state index is 11.6. The SMILES string of the molecule is CC(=O)NCC[N+](C)(CC[N+](C)(C)CS(=O)(=O)[O-])CS(=O)(=O)O.CCCCCC(=O)NCC[N+](C)(CCNC(C)=O)CS(=O)(=O)[O-]. The number of amides is 3. The highest BCUT2D eigenvalue weighted by Crippen LogP contribution is 2.09. The van der Waals surface area contributed by atoms with Gasteiger partial charge in [-0.25, -0.2) is 16.8 Å². The van der Waals surface area contributed by atoms with Crippen molar-refractivity contribution in [1.29, 1.82) is 0 Å². The first kappa shape index (κ1) is 46.1. The number of unbranched alkanes of at least 4 members (excludes halogenated alkanes) is 2. The monoisotopic (exact) mass is 727 g/mol. The van der Waals surface area contributed by atoms with Gasteiger partial charge in [0, 0.05) is 20.3 Å². The number of hydrogen-bond acceptors (Lipinski definition) is 11. The first-order chi connectivity index (χ1) is 20.6. The molecule has 46 heavy (non-hydrogen) atoms. The van der Waals surface area contributed by atoms with E-state index in [9.17, 15) is 48.7 Å². The average Bonchev–Trinajstić information content (AvgIpc) is 2.79. The highest BCUT2D eigenvalue weighted by atomic mass is 32.2. The summed E-state index contributed by atoms with van der Waals surface area (Å²) in [6.07, 6.45) is 3.30. The van der Waals surface area contributed by atoms with Crippen LogP contribution >= 0.6 is 0 Å². The van der Waals surface area contributed by atoms with E-state index >= 15 is 0 Å². The number of nitrogens with one attached hydrogen (secondary N) is 3. The summed E-state index contributed by atoms with van der Waals surface area (Å²) in [6.45, 7) is 6.74. The predicted molar refractivity (Wildman–Crippen MR) is 169 cm³/mol. The van der Waals surface area contributed by atoms with Crippen molar-refractivity contribution < 1.29 is 66.7 Å². The number of nitrogens with zero attached hydrogens (tertiary/aromatic N) is 3. The van der Waals surface area contributed by atoms with Gasteiger partial charge < -0.3 is 38.5 Å². The van der Waals surface area contributed by atoms with E-state index in [0.29, 0.717) is 19.5 Å². The van der Waals surface area contributed by atoms with Crippen LogP contribution in [0.1, 0.15) is 46.5 Å². The molecule has 274 valence electrons. The zero-order chi connectivity index (χ0) is 36.5. The topological polar surface area (TPSA) is 256 Å². The zero-order valence-corrected chi connectivity index (χ0v) is 30.6. The largest absolute Gasteiger partial charge is 0.744 e. The lowest BCUT2D eigenvalue weighted by molar-refractivity contribution is -0.944. The van der Waals surface area contributed by atoms with Crippen molar-refractivity contribution in [3.63, 3.8) is 0 Å². The highest BCUT2D eigenvalue weighted by molar-refractivity contribution is 7.86. The van der Waals surface area contributed by atoms with Gasteiger partial charge in [-0.1, -0.05) is 19.8 Å². The molecule has 0 aromatic heterocycles. The van der Waals surface area contributed by atoms with Gasteiger partial charge in [0.1, 0.15) is 33.3 Å². The minimum atomic E-state index is -4.42. The van der Waals surface area contributed by atoms with E-state index in [1.165, 1.54) is 13.8 Å². The van der Waals surface area contributed by atoms with Crippen molar-refractivity contribution in [2.45, 2.75) is 46.5 Å². The first-order valence-electron chi connectivity index (χ1n) is 14.7. The Kier molecular flexibility index (Phi) is 20.5. The molecule has 0 heterocycles. The third kappa shape index (κ3) is 29.4. The summed E-state index contributed by atoms with van der Waals surface area (Å²) in [5, 5.41) is 7.87. The zero-order valence-electron chi connectivity index (χ0n) is 28.1. The van der Waals surface area contributed by atoms with Crippen LogP contribution in [0.5, 0.6) is 0 Å². The summed E-state index contributed by atoms with van der Waals surface area (Å²) in [5.74, 6) is -2.32. The average molecular weight is 728 g/mol.